The minimum absolute atomic E-state index is 0.0149. The molecule has 0 saturated carbocycles. The first-order valence-electron chi connectivity index (χ1n) is 6.04. The zero-order valence-electron chi connectivity index (χ0n) is 9.65. The molecule has 0 radical (unpaired) electrons. The minimum atomic E-state index is -0.250. The number of hydrogen-bond acceptors (Lipinski definition) is 3. The molecule has 18 heavy (non-hydrogen) atoms. The molecule has 3 nitrogen and oxygen atoms in total. The van der Waals surface area contributed by atoms with E-state index in [0.29, 0.717) is 0 Å². The highest BCUT2D eigenvalue weighted by Gasteiger charge is 2.60. The van der Waals surface area contributed by atoms with Crippen molar-refractivity contribution in [2.45, 2.75) is 18.7 Å². The van der Waals surface area contributed by atoms with Gasteiger partial charge in [-0.15, -0.1) is 0 Å². The summed E-state index contributed by atoms with van der Waals surface area (Å²) in [6, 6.07) is 18.2. The van der Waals surface area contributed by atoms with Gasteiger partial charge >= 0.3 is 0 Å². The topological polar surface area (TPSA) is 31.0 Å². The minimum Gasteiger partial charge on any atom is -0.461 e. The third-order valence-corrected chi connectivity index (χ3v) is 3.23. The summed E-state index contributed by atoms with van der Waals surface area (Å²) in [5.74, 6) is 0.836. The van der Waals surface area contributed by atoms with Gasteiger partial charge in [-0.1, -0.05) is 48.5 Å². The van der Waals surface area contributed by atoms with Gasteiger partial charge in [-0.25, -0.2) is 0 Å². The van der Waals surface area contributed by atoms with Crippen LogP contribution in [0.25, 0.3) is 11.1 Å². The maximum atomic E-state index is 5.84. The Morgan fingerprint density at radius 2 is 1.61 bits per heavy atom. The molecule has 0 bridgehead atoms. The van der Waals surface area contributed by atoms with E-state index in [9.17, 15) is 0 Å². The molecule has 2 saturated heterocycles. The van der Waals surface area contributed by atoms with Crippen molar-refractivity contribution < 1.29 is 14.2 Å². The molecule has 2 aromatic carbocycles. The van der Waals surface area contributed by atoms with Crippen LogP contribution in [-0.2, 0) is 9.47 Å². The van der Waals surface area contributed by atoms with Crippen molar-refractivity contribution in [3.05, 3.63) is 54.6 Å². The predicted octanol–water partition coefficient (Wildman–Crippen LogP) is 2.81. The van der Waals surface area contributed by atoms with Crippen LogP contribution in [0.5, 0.6) is 5.75 Å². The summed E-state index contributed by atoms with van der Waals surface area (Å²) in [4.78, 5) is 0. The number of rotatable bonds is 3. The van der Waals surface area contributed by atoms with E-state index in [-0.39, 0.29) is 18.7 Å². The quantitative estimate of drug-likeness (QED) is 0.773. The van der Waals surface area contributed by atoms with Gasteiger partial charge in [0.25, 0.3) is 0 Å². The van der Waals surface area contributed by atoms with Crippen LogP contribution in [0.15, 0.2) is 54.6 Å². The fourth-order valence-corrected chi connectivity index (χ4v) is 2.18. The average Bonchev–Trinajstić information content (AvgIpc) is 3.09. The third kappa shape index (κ3) is 1.60. The summed E-state index contributed by atoms with van der Waals surface area (Å²) in [6.07, 6.45) is -0.132. The van der Waals surface area contributed by atoms with Crippen molar-refractivity contribution in [2.75, 3.05) is 0 Å². The number of para-hydroxylation sites is 1. The van der Waals surface area contributed by atoms with Crippen molar-refractivity contribution in [1.29, 1.82) is 0 Å². The Balaban J connectivity index is 1.65. The van der Waals surface area contributed by atoms with Crippen LogP contribution in [-0.4, -0.2) is 18.7 Å². The molecule has 90 valence electrons. The average molecular weight is 240 g/mol. The highest BCUT2D eigenvalue weighted by molar-refractivity contribution is 5.70. The molecule has 3 heteroatoms. The van der Waals surface area contributed by atoms with Crippen LogP contribution in [0, 0.1) is 0 Å². The molecular formula is C15H12O3. The summed E-state index contributed by atoms with van der Waals surface area (Å²) in [5, 5.41) is 0. The van der Waals surface area contributed by atoms with E-state index in [4.69, 9.17) is 14.2 Å². The van der Waals surface area contributed by atoms with Gasteiger partial charge in [0.05, 0.1) is 0 Å². The molecule has 2 aliphatic rings. The molecule has 4 rings (SSSR count). The van der Waals surface area contributed by atoms with Crippen LogP contribution >= 0.6 is 0 Å². The number of fused-ring (bicyclic) bond motifs is 1. The summed E-state index contributed by atoms with van der Waals surface area (Å²) in [7, 11) is 0. The van der Waals surface area contributed by atoms with Crippen molar-refractivity contribution in [2.24, 2.45) is 0 Å². The van der Waals surface area contributed by atoms with Crippen molar-refractivity contribution in [3.63, 3.8) is 0 Å². The Bertz CT molecular complexity index is 567. The molecule has 0 aliphatic carbocycles. The normalized spacial score (nSPS) is 28.1. The first kappa shape index (κ1) is 10.1. The van der Waals surface area contributed by atoms with Crippen molar-refractivity contribution >= 4 is 0 Å². The summed E-state index contributed by atoms with van der Waals surface area (Å²) >= 11 is 0. The Labute approximate surface area is 105 Å². The van der Waals surface area contributed by atoms with Gasteiger partial charge in [0, 0.05) is 5.56 Å². The molecule has 0 aromatic heterocycles. The van der Waals surface area contributed by atoms with Crippen LogP contribution < -0.4 is 4.74 Å². The molecule has 3 atom stereocenters. The third-order valence-electron chi connectivity index (χ3n) is 3.23. The first-order valence-corrected chi connectivity index (χ1v) is 6.04. The fraction of sp³-hybridized carbons (Fsp3) is 0.200. The van der Waals surface area contributed by atoms with E-state index >= 15 is 0 Å². The second-order valence-electron chi connectivity index (χ2n) is 4.45. The standard InChI is InChI=1S/C15H12O3/c1-2-6-10(7-3-1)11-8-4-5-9-12(11)16-14-13-15(17-13)18-14/h1-9,13-15H. The number of hydrogen-bond donors (Lipinski definition) is 0. The monoisotopic (exact) mass is 240 g/mol. The van der Waals surface area contributed by atoms with Crippen LogP contribution in [0.4, 0.5) is 0 Å². The second-order valence-corrected chi connectivity index (χ2v) is 4.45. The molecular weight excluding hydrogens is 228 g/mol. The zero-order chi connectivity index (χ0) is 11.9. The Kier molecular flexibility index (Phi) is 2.15. The molecule has 2 fully saturated rings. The van der Waals surface area contributed by atoms with Gasteiger partial charge in [0.15, 0.2) is 12.4 Å². The maximum absolute atomic E-state index is 5.84. The van der Waals surface area contributed by atoms with E-state index in [1.165, 1.54) is 0 Å². The Hall–Kier alpha value is -1.84. The predicted molar refractivity (Wildman–Crippen MR) is 66.0 cm³/mol. The SMILES string of the molecule is c1ccc(-c2ccccc2OC2OC3OC23)cc1. The van der Waals surface area contributed by atoms with E-state index in [1.54, 1.807) is 0 Å². The Morgan fingerprint density at radius 3 is 2.33 bits per heavy atom. The maximum Gasteiger partial charge on any atom is 0.233 e. The highest BCUT2D eigenvalue weighted by atomic mass is 16.9. The largest absolute Gasteiger partial charge is 0.461 e. The highest BCUT2D eigenvalue weighted by Crippen LogP contribution is 2.42. The molecule has 0 spiro atoms. The lowest BCUT2D eigenvalue weighted by atomic mass is 10.0. The van der Waals surface area contributed by atoms with Crippen LogP contribution in [0.3, 0.4) is 0 Å². The number of epoxide rings is 1. The number of ether oxygens (including phenoxy) is 3. The van der Waals surface area contributed by atoms with E-state index < -0.39 is 0 Å². The smallest absolute Gasteiger partial charge is 0.233 e. The summed E-state index contributed by atoms with van der Waals surface area (Å²) in [6.45, 7) is 0. The molecule has 2 heterocycles. The first-order chi connectivity index (χ1) is 8.92. The van der Waals surface area contributed by atoms with E-state index in [1.807, 2.05) is 36.4 Å². The second kappa shape index (κ2) is 3.83. The van der Waals surface area contributed by atoms with E-state index in [2.05, 4.69) is 18.2 Å². The van der Waals surface area contributed by atoms with Gasteiger partial charge in [-0.3, -0.25) is 0 Å². The van der Waals surface area contributed by atoms with Gasteiger partial charge in [-0.2, -0.15) is 0 Å². The number of benzene rings is 2. The van der Waals surface area contributed by atoms with Crippen molar-refractivity contribution in [1.82, 2.24) is 0 Å². The molecule has 0 amide bonds. The van der Waals surface area contributed by atoms with Gasteiger partial charge < -0.3 is 14.2 Å². The van der Waals surface area contributed by atoms with E-state index in [0.717, 1.165) is 16.9 Å². The lowest BCUT2D eigenvalue weighted by Crippen LogP contribution is -2.38. The summed E-state index contributed by atoms with van der Waals surface area (Å²) < 4.78 is 16.4. The molecule has 0 N–H and O–H groups in total. The van der Waals surface area contributed by atoms with Gasteiger partial charge in [0.2, 0.25) is 6.29 Å². The van der Waals surface area contributed by atoms with Crippen LogP contribution in [0.1, 0.15) is 0 Å². The summed E-state index contributed by atoms with van der Waals surface area (Å²) in [5.41, 5.74) is 2.21. The van der Waals surface area contributed by atoms with Crippen LogP contribution in [0.2, 0.25) is 0 Å². The lowest BCUT2D eigenvalue weighted by Gasteiger charge is -2.23. The van der Waals surface area contributed by atoms with Crippen molar-refractivity contribution in [3.8, 4) is 16.9 Å². The lowest BCUT2D eigenvalue weighted by molar-refractivity contribution is -0.151. The molecule has 2 aliphatic heterocycles. The molecule has 3 unspecified atom stereocenters. The molecule has 2 aromatic rings. The Morgan fingerprint density at radius 1 is 0.833 bits per heavy atom. The van der Waals surface area contributed by atoms with Gasteiger partial charge in [0.1, 0.15) is 5.75 Å². The zero-order valence-corrected chi connectivity index (χ0v) is 9.65. The fourth-order valence-electron chi connectivity index (χ4n) is 2.18. The van der Waals surface area contributed by atoms with Gasteiger partial charge in [-0.05, 0) is 11.6 Å².